The lowest BCUT2D eigenvalue weighted by Gasteiger charge is -2.23. The summed E-state index contributed by atoms with van der Waals surface area (Å²) in [6, 6.07) is 12.6. The van der Waals surface area contributed by atoms with Crippen LogP contribution in [-0.2, 0) is 24.7 Å². The van der Waals surface area contributed by atoms with E-state index < -0.39 is 26.0 Å². The molecule has 2 aromatic carbocycles. The molecule has 0 heterocycles. The van der Waals surface area contributed by atoms with Crippen molar-refractivity contribution in [2.45, 2.75) is 43.7 Å². The van der Waals surface area contributed by atoms with Gasteiger partial charge in [0.2, 0.25) is 10.0 Å². The topological polar surface area (TPSA) is 110 Å². The van der Waals surface area contributed by atoms with Gasteiger partial charge in [0.15, 0.2) is 15.9 Å². The highest BCUT2D eigenvalue weighted by Crippen LogP contribution is 2.23. The Morgan fingerprint density at radius 3 is 1.94 bits per heavy atom. The number of carbonyl (C=O) groups is 1. The molecule has 1 amide bonds. The third kappa shape index (κ3) is 6.70. The summed E-state index contributed by atoms with van der Waals surface area (Å²) in [5.74, 6) is 0.159. The first-order chi connectivity index (χ1) is 14.9. The molecule has 10 heteroatoms. The van der Waals surface area contributed by atoms with Gasteiger partial charge < -0.3 is 10.1 Å². The van der Waals surface area contributed by atoms with Gasteiger partial charge in [-0.15, -0.1) is 0 Å². The van der Waals surface area contributed by atoms with E-state index in [9.17, 15) is 21.6 Å². The van der Waals surface area contributed by atoms with Crippen molar-refractivity contribution < 1.29 is 26.4 Å². The summed E-state index contributed by atoms with van der Waals surface area (Å²) >= 11 is 0. The van der Waals surface area contributed by atoms with Crippen molar-refractivity contribution in [3.63, 3.8) is 0 Å². The van der Waals surface area contributed by atoms with Crippen molar-refractivity contribution in [3.05, 3.63) is 54.1 Å². The van der Waals surface area contributed by atoms with E-state index in [-0.39, 0.29) is 16.8 Å². The summed E-state index contributed by atoms with van der Waals surface area (Å²) in [5.41, 5.74) is 1.29. The Balaban J connectivity index is 2.09. The van der Waals surface area contributed by atoms with Crippen LogP contribution in [0, 0.1) is 0 Å². The Morgan fingerprint density at radius 1 is 0.938 bits per heavy atom. The maximum atomic E-state index is 12.8. The fourth-order valence-electron chi connectivity index (χ4n) is 3.05. The van der Waals surface area contributed by atoms with Crippen LogP contribution in [0.5, 0.6) is 5.75 Å². The van der Waals surface area contributed by atoms with Crippen LogP contribution in [0.1, 0.15) is 38.3 Å². The Hall–Kier alpha value is -2.59. The zero-order valence-electron chi connectivity index (χ0n) is 18.9. The van der Waals surface area contributed by atoms with Crippen molar-refractivity contribution >= 4 is 31.5 Å². The highest BCUT2D eigenvalue weighted by molar-refractivity contribution is 7.92. The highest BCUT2D eigenvalue weighted by Gasteiger charge is 2.22. The molecule has 176 valence electrons. The average Bonchev–Trinajstić information content (AvgIpc) is 2.74. The van der Waals surface area contributed by atoms with Gasteiger partial charge in [-0.1, -0.05) is 26.0 Å². The first-order valence-electron chi connectivity index (χ1n) is 10.2. The first kappa shape index (κ1) is 25.7. The monoisotopic (exact) mass is 482 g/mol. The second-order valence-electron chi connectivity index (χ2n) is 7.55. The number of ether oxygens (including phenoxy) is 1. The Morgan fingerprint density at radius 2 is 1.50 bits per heavy atom. The number of amides is 1. The van der Waals surface area contributed by atoms with E-state index in [0.29, 0.717) is 24.3 Å². The van der Waals surface area contributed by atoms with E-state index in [1.807, 2.05) is 13.8 Å². The van der Waals surface area contributed by atoms with Crippen LogP contribution in [0.25, 0.3) is 0 Å². The number of sulfonamides is 1. The molecular weight excluding hydrogens is 452 g/mol. The summed E-state index contributed by atoms with van der Waals surface area (Å²) in [4.78, 5) is 13.1. The number of benzene rings is 2. The average molecular weight is 483 g/mol. The van der Waals surface area contributed by atoms with Crippen molar-refractivity contribution in [1.82, 2.24) is 5.32 Å². The lowest BCUT2D eigenvalue weighted by molar-refractivity contribution is -0.128. The van der Waals surface area contributed by atoms with E-state index in [1.54, 1.807) is 36.4 Å². The zero-order chi connectivity index (χ0) is 24.1. The van der Waals surface area contributed by atoms with Crippen LogP contribution in [-0.4, -0.2) is 48.4 Å². The summed E-state index contributed by atoms with van der Waals surface area (Å²) < 4.78 is 53.6. The van der Waals surface area contributed by atoms with Gasteiger partial charge in [0.25, 0.3) is 5.91 Å². The molecule has 0 radical (unpaired) electrons. The van der Waals surface area contributed by atoms with Gasteiger partial charge in [0.05, 0.1) is 22.9 Å². The predicted octanol–water partition coefficient (Wildman–Crippen LogP) is 2.91. The third-order valence-corrected chi connectivity index (χ3v) is 7.41. The van der Waals surface area contributed by atoms with Crippen molar-refractivity contribution in [2.24, 2.45) is 0 Å². The Bertz CT molecular complexity index is 1130. The van der Waals surface area contributed by atoms with Gasteiger partial charge >= 0.3 is 0 Å². The molecule has 0 aliphatic carbocycles. The molecule has 0 aliphatic heterocycles. The fraction of sp³-hybridized carbons (Fsp3) is 0.409. The molecule has 0 saturated heterocycles. The molecule has 2 unspecified atom stereocenters. The fourth-order valence-corrected chi connectivity index (χ4v) is 4.18. The molecule has 0 aromatic heterocycles. The molecule has 0 bridgehead atoms. The van der Waals surface area contributed by atoms with Gasteiger partial charge in [-0.2, -0.15) is 0 Å². The molecule has 0 fully saturated rings. The van der Waals surface area contributed by atoms with Crippen molar-refractivity contribution in [1.29, 1.82) is 0 Å². The summed E-state index contributed by atoms with van der Waals surface area (Å²) in [7, 11) is -5.20. The minimum absolute atomic E-state index is 0.224. The van der Waals surface area contributed by atoms with Gasteiger partial charge in [0.1, 0.15) is 5.75 Å². The Kier molecular flexibility index (Phi) is 8.30. The standard InChI is InChI=1S/C22H30N2O6S2/c1-6-20(16-8-14-19(15-9-16)31(4,26)27)23-22(25)21(7-2)30-18-12-10-17(11-13-18)24(3)32(5,28)29/h8-15,20-21H,6-7H2,1-5H3,(H,23,25). The van der Waals surface area contributed by atoms with E-state index in [0.717, 1.165) is 22.4 Å². The third-order valence-electron chi connectivity index (χ3n) is 5.07. The predicted molar refractivity (Wildman–Crippen MR) is 125 cm³/mol. The minimum atomic E-state index is -3.37. The number of hydrogen-bond acceptors (Lipinski definition) is 6. The van der Waals surface area contributed by atoms with Crippen LogP contribution in [0.2, 0.25) is 0 Å². The second kappa shape index (κ2) is 10.4. The molecule has 2 rings (SSSR count). The maximum absolute atomic E-state index is 12.8. The highest BCUT2D eigenvalue weighted by atomic mass is 32.2. The number of rotatable bonds is 10. The summed E-state index contributed by atoms with van der Waals surface area (Å²) in [6.07, 6.45) is 2.58. The lowest BCUT2D eigenvalue weighted by Crippen LogP contribution is -2.40. The number of anilines is 1. The van der Waals surface area contributed by atoms with Gasteiger partial charge in [0, 0.05) is 13.3 Å². The van der Waals surface area contributed by atoms with Crippen molar-refractivity contribution in [2.75, 3.05) is 23.9 Å². The van der Waals surface area contributed by atoms with Crippen LogP contribution < -0.4 is 14.4 Å². The molecule has 2 aromatic rings. The minimum Gasteiger partial charge on any atom is -0.481 e. The van der Waals surface area contributed by atoms with E-state index in [4.69, 9.17) is 4.74 Å². The molecule has 2 atom stereocenters. The molecule has 0 saturated carbocycles. The molecule has 8 nitrogen and oxygen atoms in total. The number of sulfone groups is 1. The molecule has 0 spiro atoms. The number of nitrogens with one attached hydrogen (secondary N) is 1. The van der Waals surface area contributed by atoms with E-state index in [1.165, 1.54) is 19.2 Å². The van der Waals surface area contributed by atoms with Crippen LogP contribution in [0.15, 0.2) is 53.4 Å². The molecule has 1 N–H and O–H groups in total. The number of hydrogen-bond donors (Lipinski definition) is 1. The molecule has 0 aliphatic rings. The van der Waals surface area contributed by atoms with Crippen LogP contribution in [0.3, 0.4) is 0 Å². The zero-order valence-corrected chi connectivity index (χ0v) is 20.5. The summed E-state index contributed by atoms with van der Waals surface area (Å²) in [5, 5.41) is 2.96. The van der Waals surface area contributed by atoms with E-state index in [2.05, 4.69) is 5.32 Å². The number of carbonyl (C=O) groups excluding carboxylic acids is 1. The molecule has 32 heavy (non-hydrogen) atoms. The van der Waals surface area contributed by atoms with Crippen LogP contribution in [0.4, 0.5) is 5.69 Å². The van der Waals surface area contributed by atoms with Crippen molar-refractivity contribution in [3.8, 4) is 5.75 Å². The quantitative estimate of drug-likeness (QED) is 0.558. The lowest BCUT2D eigenvalue weighted by atomic mass is 10.0. The van der Waals surface area contributed by atoms with Gasteiger partial charge in [-0.25, -0.2) is 16.8 Å². The first-order valence-corrected chi connectivity index (χ1v) is 13.9. The second-order valence-corrected chi connectivity index (χ2v) is 11.6. The van der Waals surface area contributed by atoms with Crippen LogP contribution >= 0.6 is 0 Å². The smallest absolute Gasteiger partial charge is 0.261 e. The Labute approximate surface area is 190 Å². The van der Waals surface area contributed by atoms with E-state index >= 15 is 0 Å². The van der Waals surface area contributed by atoms with Gasteiger partial charge in [-0.05, 0) is 54.8 Å². The maximum Gasteiger partial charge on any atom is 0.261 e. The number of nitrogens with zero attached hydrogens (tertiary/aromatic N) is 1. The largest absolute Gasteiger partial charge is 0.481 e. The van der Waals surface area contributed by atoms with Gasteiger partial charge in [-0.3, -0.25) is 9.10 Å². The molecular formula is C22H30N2O6S2. The summed E-state index contributed by atoms with van der Waals surface area (Å²) in [6.45, 7) is 3.76. The normalized spacial score (nSPS) is 13.8. The SMILES string of the molecule is CCC(Oc1ccc(N(C)S(C)(=O)=O)cc1)C(=O)NC(CC)c1ccc(S(C)(=O)=O)cc1.